The van der Waals surface area contributed by atoms with Crippen LogP contribution in [0.5, 0.6) is 0 Å². The van der Waals surface area contributed by atoms with Crippen LogP contribution in [0.2, 0.25) is 0 Å². The predicted octanol–water partition coefficient (Wildman–Crippen LogP) is 8.27. The summed E-state index contributed by atoms with van der Waals surface area (Å²) in [6.07, 6.45) is 29.6. The molecule has 144 valence electrons. The van der Waals surface area contributed by atoms with Gasteiger partial charge in [-0.1, -0.05) is 135 Å². The van der Waals surface area contributed by atoms with Crippen LogP contribution in [0, 0.1) is 0 Å². The van der Waals surface area contributed by atoms with Gasteiger partial charge in [-0.3, -0.25) is 0 Å². The van der Waals surface area contributed by atoms with Crippen LogP contribution >= 0.6 is 0 Å². The third kappa shape index (κ3) is 22.0. The van der Waals surface area contributed by atoms with Crippen LogP contribution in [0.1, 0.15) is 142 Å². The lowest BCUT2D eigenvalue weighted by Crippen LogP contribution is -1.86. The van der Waals surface area contributed by atoms with Crippen LogP contribution in [0.4, 0.5) is 0 Å². The van der Waals surface area contributed by atoms with Gasteiger partial charge in [-0.25, -0.2) is 0 Å². The number of rotatable bonds is 21. The van der Waals surface area contributed by atoms with E-state index in [-0.39, 0.29) is 0 Å². The van der Waals surface area contributed by atoms with Gasteiger partial charge in [-0.2, -0.15) is 0 Å². The Labute approximate surface area is 154 Å². The molecule has 2 radical (unpaired) electrons. The molecule has 0 unspecified atom stereocenters. The zero-order chi connectivity index (χ0) is 17.6. The molecular weight excluding hydrogens is 290 g/mol. The van der Waals surface area contributed by atoms with Crippen molar-refractivity contribution in [3.8, 4) is 0 Å². The molecule has 24 heavy (non-hydrogen) atoms. The molecule has 1 nitrogen and oxygen atoms in total. The molecule has 0 saturated carbocycles. The average Bonchev–Trinajstić information content (AvgIpc) is 2.60. The Hall–Kier alpha value is -0.0400. The highest BCUT2D eigenvalue weighted by Gasteiger charge is 1.95. The summed E-state index contributed by atoms with van der Waals surface area (Å²) in [5.41, 5.74) is 8.72. The van der Waals surface area contributed by atoms with Gasteiger partial charge in [-0.05, 0) is 6.42 Å². The molecule has 0 rings (SSSR count). The van der Waals surface area contributed by atoms with Gasteiger partial charge in [0.1, 0.15) is 0 Å². The average molecular weight is 338 g/mol. The molecule has 0 atom stereocenters. The number of hydrogen-bond acceptors (Lipinski definition) is 0. The topological polar surface area (TPSA) is 22.3 Å². The van der Waals surface area contributed by atoms with Gasteiger partial charge in [0.05, 0.1) is 0 Å². The summed E-state index contributed by atoms with van der Waals surface area (Å²) in [5.74, 6) is 0. The first-order valence-electron chi connectivity index (χ1n) is 11.5. The first-order valence-corrected chi connectivity index (χ1v) is 11.5. The lowest BCUT2D eigenvalue weighted by Gasteiger charge is -2.04. The molecule has 0 aromatic carbocycles. The number of hydrogen-bond donors (Lipinski definition) is 0. The van der Waals surface area contributed by atoms with E-state index in [1.807, 2.05) is 0 Å². The fraction of sp³-hybridized carbons (Fsp3) is 1.00. The zero-order valence-corrected chi connectivity index (χ0v) is 17.0. The Morgan fingerprint density at radius 3 is 0.750 bits per heavy atom. The Balaban J connectivity index is 2.93. The summed E-state index contributed by atoms with van der Waals surface area (Å²) in [6.45, 7) is 2.67. The normalized spacial score (nSPS) is 11.2. The van der Waals surface area contributed by atoms with Gasteiger partial charge in [-0.15, -0.1) is 5.73 Å². The van der Waals surface area contributed by atoms with Crippen LogP contribution in [-0.4, -0.2) is 6.54 Å². The Morgan fingerprint density at radius 2 is 0.542 bits per heavy atom. The van der Waals surface area contributed by atoms with Crippen LogP contribution in [-0.2, 0) is 0 Å². The maximum atomic E-state index is 8.72. The second-order valence-electron chi connectivity index (χ2n) is 7.79. The van der Waals surface area contributed by atoms with Crippen molar-refractivity contribution >= 4 is 0 Å². The van der Waals surface area contributed by atoms with Gasteiger partial charge < -0.3 is 0 Å². The largest absolute Gasteiger partial charge is 0.145 e. The third-order valence-electron chi connectivity index (χ3n) is 5.26. The molecule has 0 saturated heterocycles. The molecule has 0 fully saturated rings. The summed E-state index contributed by atoms with van der Waals surface area (Å²) in [5, 5.41) is 0. The molecule has 0 N–H and O–H groups in total. The van der Waals surface area contributed by atoms with Gasteiger partial charge in [0.2, 0.25) is 0 Å². The molecule has 0 spiro atoms. The second kappa shape index (κ2) is 23.0. The van der Waals surface area contributed by atoms with E-state index in [9.17, 15) is 0 Å². The van der Waals surface area contributed by atoms with E-state index in [4.69, 9.17) is 5.73 Å². The van der Waals surface area contributed by atoms with Crippen molar-refractivity contribution in [3.63, 3.8) is 0 Å². The highest BCUT2D eigenvalue weighted by Crippen LogP contribution is 2.14. The fourth-order valence-electron chi connectivity index (χ4n) is 3.54. The summed E-state index contributed by atoms with van der Waals surface area (Å²) in [6, 6.07) is 0. The molecule has 1 heteroatoms. The molecule has 0 bridgehead atoms. The maximum absolute atomic E-state index is 8.72. The van der Waals surface area contributed by atoms with Crippen LogP contribution in [0.3, 0.4) is 0 Å². The Bertz CT molecular complexity index is 180. The quantitative estimate of drug-likeness (QED) is 0.188. The summed E-state index contributed by atoms with van der Waals surface area (Å²) in [4.78, 5) is 0. The maximum Gasteiger partial charge on any atom is 0.0321 e. The SMILES string of the molecule is CCCCCCCCCCCCCCCCCCCCCCC[N]. The smallest absolute Gasteiger partial charge is 0.0321 e. The molecule has 0 aliphatic carbocycles. The van der Waals surface area contributed by atoms with E-state index in [0.29, 0.717) is 6.54 Å². The highest BCUT2D eigenvalue weighted by molar-refractivity contribution is 4.51. The molecule has 0 aromatic heterocycles. The van der Waals surface area contributed by atoms with Crippen molar-refractivity contribution in [3.05, 3.63) is 0 Å². The zero-order valence-electron chi connectivity index (χ0n) is 17.0. The summed E-state index contributed by atoms with van der Waals surface area (Å²) < 4.78 is 0. The van der Waals surface area contributed by atoms with Gasteiger partial charge >= 0.3 is 0 Å². The lowest BCUT2D eigenvalue weighted by molar-refractivity contribution is 0.520. The molecule has 0 aliphatic heterocycles. The first-order chi connectivity index (χ1) is 11.9. The van der Waals surface area contributed by atoms with E-state index in [1.165, 1.54) is 128 Å². The van der Waals surface area contributed by atoms with Crippen molar-refractivity contribution < 1.29 is 0 Å². The van der Waals surface area contributed by atoms with Gasteiger partial charge in [0.25, 0.3) is 0 Å². The van der Waals surface area contributed by atoms with Crippen LogP contribution in [0.25, 0.3) is 0 Å². The van der Waals surface area contributed by atoms with E-state index < -0.39 is 0 Å². The van der Waals surface area contributed by atoms with E-state index in [1.54, 1.807) is 0 Å². The number of nitrogens with zero attached hydrogens (tertiary/aromatic N) is 1. The predicted molar refractivity (Wildman–Crippen MR) is 110 cm³/mol. The summed E-state index contributed by atoms with van der Waals surface area (Å²) >= 11 is 0. The molecular formula is C23H47N. The Kier molecular flexibility index (Phi) is 22.9. The lowest BCUT2D eigenvalue weighted by atomic mass is 10.0. The van der Waals surface area contributed by atoms with E-state index >= 15 is 0 Å². The standard InChI is InChI=1S/C23H47N/c1-2-3-4-5-6-7-8-9-10-11-12-13-14-15-16-17-18-19-20-21-22-23-24/h2-23H2,1H3. The highest BCUT2D eigenvalue weighted by atomic mass is 14.5. The fourth-order valence-corrected chi connectivity index (χ4v) is 3.54. The third-order valence-corrected chi connectivity index (χ3v) is 5.26. The molecule has 0 aromatic rings. The van der Waals surface area contributed by atoms with Crippen LogP contribution < -0.4 is 5.73 Å². The van der Waals surface area contributed by atoms with Crippen molar-refractivity contribution in [2.75, 3.05) is 6.54 Å². The second-order valence-corrected chi connectivity index (χ2v) is 7.79. The van der Waals surface area contributed by atoms with Crippen molar-refractivity contribution in [1.29, 1.82) is 0 Å². The number of unbranched alkanes of at least 4 members (excludes halogenated alkanes) is 20. The van der Waals surface area contributed by atoms with E-state index in [2.05, 4.69) is 6.92 Å². The monoisotopic (exact) mass is 337 g/mol. The van der Waals surface area contributed by atoms with E-state index in [0.717, 1.165) is 6.42 Å². The van der Waals surface area contributed by atoms with Crippen LogP contribution in [0.15, 0.2) is 0 Å². The molecule has 0 amide bonds. The Morgan fingerprint density at radius 1 is 0.333 bits per heavy atom. The molecule has 0 aliphatic rings. The van der Waals surface area contributed by atoms with Gasteiger partial charge in [0.15, 0.2) is 0 Å². The molecule has 0 heterocycles. The first kappa shape index (κ1) is 24.0. The van der Waals surface area contributed by atoms with Crippen molar-refractivity contribution in [2.24, 2.45) is 0 Å². The minimum atomic E-state index is 0.374. The minimum Gasteiger partial charge on any atom is -0.145 e. The van der Waals surface area contributed by atoms with Crippen molar-refractivity contribution in [2.45, 2.75) is 142 Å². The van der Waals surface area contributed by atoms with Crippen molar-refractivity contribution in [1.82, 2.24) is 5.73 Å². The van der Waals surface area contributed by atoms with Gasteiger partial charge in [0, 0.05) is 6.54 Å². The summed E-state index contributed by atoms with van der Waals surface area (Å²) in [7, 11) is 0. The minimum absolute atomic E-state index is 0.374.